The fourth-order valence-corrected chi connectivity index (χ4v) is 2.73. The van der Waals surface area contributed by atoms with Gasteiger partial charge in [-0.25, -0.2) is 4.98 Å². The number of halogens is 3. The summed E-state index contributed by atoms with van der Waals surface area (Å²) in [6.07, 6.45) is 1.38. The van der Waals surface area contributed by atoms with Crippen LogP contribution in [0.5, 0.6) is 5.75 Å². The van der Waals surface area contributed by atoms with Gasteiger partial charge >= 0.3 is 0 Å². The molecule has 0 spiro atoms. The number of pyridine rings is 1. The molecule has 6 nitrogen and oxygen atoms in total. The zero-order valence-corrected chi connectivity index (χ0v) is 15.7. The van der Waals surface area contributed by atoms with Crippen LogP contribution in [-0.4, -0.2) is 16.0 Å². The molecule has 3 rings (SSSR count). The van der Waals surface area contributed by atoms with E-state index in [0.29, 0.717) is 27.1 Å². The van der Waals surface area contributed by atoms with Gasteiger partial charge in [0.2, 0.25) is 0 Å². The number of anilines is 1. The Morgan fingerprint density at radius 3 is 2.77 bits per heavy atom. The van der Waals surface area contributed by atoms with E-state index in [0.717, 1.165) is 0 Å². The van der Waals surface area contributed by atoms with E-state index in [-0.39, 0.29) is 23.1 Å². The Morgan fingerprint density at radius 1 is 1.23 bits per heavy atom. The van der Waals surface area contributed by atoms with Crippen LogP contribution in [0.4, 0.5) is 5.82 Å². The van der Waals surface area contributed by atoms with Gasteiger partial charge in [-0.2, -0.15) is 0 Å². The van der Waals surface area contributed by atoms with Crippen LogP contribution in [0.1, 0.15) is 21.8 Å². The summed E-state index contributed by atoms with van der Waals surface area (Å²) in [6, 6.07) is 8.40. The zero-order chi connectivity index (χ0) is 18.7. The molecule has 0 saturated heterocycles. The molecule has 9 heteroatoms. The molecule has 26 heavy (non-hydrogen) atoms. The number of aryl methyl sites for hydroxylation is 1. The third kappa shape index (κ3) is 4.27. The summed E-state index contributed by atoms with van der Waals surface area (Å²) in [7, 11) is 0. The van der Waals surface area contributed by atoms with Gasteiger partial charge in [0.25, 0.3) is 5.91 Å². The lowest BCUT2D eigenvalue weighted by atomic mass is 10.2. The summed E-state index contributed by atoms with van der Waals surface area (Å²) in [5.74, 6) is 0.672. The van der Waals surface area contributed by atoms with Gasteiger partial charge in [-0.3, -0.25) is 4.79 Å². The van der Waals surface area contributed by atoms with E-state index in [1.165, 1.54) is 12.3 Å². The SMILES string of the molecule is Cc1onc(C(=O)Nc2ncc(Cl)cc2Cl)c1COc1cccc(Cl)c1. The first-order chi connectivity index (χ1) is 12.4. The normalized spacial score (nSPS) is 10.6. The average molecular weight is 413 g/mol. The monoisotopic (exact) mass is 411 g/mol. The number of amides is 1. The van der Waals surface area contributed by atoms with Gasteiger partial charge in [-0.1, -0.05) is 46.0 Å². The molecule has 1 aromatic carbocycles. The van der Waals surface area contributed by atoms with E-state index >= 15 is 0 Å². The van der Waals surface area contributed by atoms with E-state index in [1.807, 2.05) is 0 Å². The number of rotatable bonds is 5. The van der Waals surface area contributed by atoms with Crippen LogP contribution < -0.4 is 10.1 Å². The number of nitrogens with zero attached hydrogens (tertiary/aromatic N) is 2. The van der Waals surface area contributed by atoms with E-state index in [4.69, 9.17) is 44.1 Å². The van der Waals surface area contributed by atoms with Crippen LogP contribution in [0.15, 0.2) is 41.1 Å². The Kier molecular flexibility index (Phi) is 5.66. The van der Waals surface area contributed by atoms with Crippen molar-refractivity contribution in [2.24, 2.45) is 0 Å². The minimum atomic E-state index is -0.525. The largest absolute Gasteiger partial charge is 0.489 e. The third-order valence-corrected chi connectivity index (χ3v) is 4.15. The van der Waals surface area contributed by atoms with Gasteiger partial charge in [0.15, 0.2) is 11.5 Å². The highest BCUT2D eigenvalue weighted by atomic mass is 35.5. The van der Waals surface area contributed by atoms with Crippen molar-refractivity contribution in [3.63, 3.8) is 0 Å². The molecule has 0 saturated carbocycles. The Labute approximate surface area is 164 Å². The van der Waals surface area contributed by atoms with Crippen molar-refractivity contribution in [1.29, 1.82) is 0 Å². The maximum Gasteiger partial charge on any atom is 0.279 e. The molecule has 0 bridgehead atoms. The Morgan fingerprint density at radius 2 is 2.04 bits per heavy atom. The first-order valence-corrected chi connectivity index (χ1v) is 8.53. The highest BCUT2D eigenvalue weighted by Crippen LogP contribution is 2.24. The molecule has 134 valence electrons. The highest BCUT2D eigenvalue weighted by Gasteiger charge is 2.21. The fourth-order valence-electron chi connectivity index (χ4n) is 2.13. The maximum absolute atomic E-state index is 12.5. The molecular formula is C17H12Cl3N3O3. The van der Waals surface area contributed by atoms with Gasteiger partial charge in [0, 0.05) is 11.2 Å². The number of carbonyl (C=O) groups excluding carboxylic acids is 1. The van der Waals surface area contributed by atoms with Gasteiger partial charge in [-0.05, 0) is 31.2 Å². The van der Waals surface area contributed by atoms with Crippen LogP contribution in [0.3, 0.4) is 0 Å². The van der Waals surface area contributed by atoms with Gasteiger partial charge in [-0.15, -0.1) is 0 Å². The molecule has 0 atom stereocenters. The second-order valence-electron chi connectivity index (χ2n) is 5.25. The lowest BCUT2D eigenvalue weighted by Gasteiger charge is -2.08. The molecule has 0 aliphatic heterocycles. The molecule has 2 heterocycles. The van der Waals surface area contributed by atoms with Gasteiger partial charge < -0.3 is 14.6 Å². The summed E-state index contributed by atoms with van der Waals surface area (Å²) in [5.41, 5.74) is 0.588. The average Bonchev–Trinajstić information content (AvgIpc) is 2.96. The lowest BCUT2D eigenvalue weighted by Crippen LogP contribution is -2.16. The Hall–Kier alpha value is -2.28. The van der Waals surface area contributed by atoms with E-state index < -0.39 is 5.91 Å². The molecular weight excluding hydrogens is 401 g/mol. The van der Waals surface area contributed by atoms with E-state index in [9.17, 15) is 4.79 Å². The Balaban J connectivity index is 1.77. The highest BCUT2D eigenvalue weighted by molar-refractivity contribution is 6.36. The van der Waals surface area contributed by atoms with Crippen molar-refractivity contribution in [1.82, 2.24) is 10.1 Å². The number of hydrogen-bond donors (Lipinski definition) is 1. The van der Waals surface area contributed by atoms with Crippen LogP contribution >= 0.6 is 34.8 Å². The summed E-state index contributed by atoms with van der Waals surface area (Å²) in [6.45, 7) is 1.77. The zero-order valence-electron chi connectivity index (χ0n) is 13.4. The summed E-state index contributed by atoms with van der Waals surface area (Å²) >= 11 is 17.7. The van der Waals surface area contributed by atoms with Crippen molar-refractivity contribution in [3.05, 3.63) is 68.6 Å². The maximum atomic E-state index is 12.5. The third-order valence-electron chi connectivity index (χ3n) is 3.42. The first-order valence-electron chi connectivity index (χ1n) is 7.40. The second kappa shape index (κ2) is 7.95. The van der Waals surface area contributed by atoms with Crippen LogP contribution in [0, 0.1) is 6.92 Å². The predicted octanol–water partition coefficient (Wildman–Crippen LogP) is 5.17. The first kappa shape index (κ1) is 18.5. The molecule has 3 aromatic rings. The van der Waals surface area contributed by atoms with Gasteiger partial charge in [0.1, 0.15) is 18.1 Å². The molecule has 0 unspecified atom stereocenters. The standard InChI is InChI=1S/C17H12Cl3N3O3/c1-9-13(8-25-12-4-2-3-10(18)5-12)15(23-26-9)17(24)22-16-14(20)6-11(19)7-21-16/h2-7H,8H2,1H3,(H,21,22,24). The fraction of sp³-hybridized carbons (Fsp3) is 0.118. The van der Waals surface area contributed by atoms with E-state index in [2.05, 4.69) is 15.5 Å². The van der Waals surface area contributed by atoms with Gasteiger partial charge in [0.05, 0.1) is 15.6 Å². The predicted molar refractivity (Wildman–Crippen MR) is 99.2 cm³/mol. The molecule has 0 aliphatic rings. The minimum Gasteiger partial charge on any atom is -0.489 e. The number of hydrogen-bond acceptors (Lipinski definition) is 5. The minimum absolute atomic E-state index is 0.0809. The second-order valence-corrected chi connectivity index (χ2v) is 6.53. The van der Waals surface area contributed by atoms with Crippen LogP contribution in [0.2, 0.25) is 15.1 Å². The van der Waals surface area contributed by atoms with E-state index in [1.54, 1.807) is 31.2 Å². The smallest absolute Gasteiger partial charge is 0.279 e. The number of carbonyl (C=O) groups is 1. The van der Waals surface area contributed by atoms with Crippen LogP contribution in [0.25, 0.3) is 0 Å². The molecule has 1 N–H and O–H groups in total. The van der Waals surface area contributed by atoms with Crippen LogP contribution in [-0.2, 0) is 6.61 Å². The summed E-state index contributed by atoms with van der Waals surface area (Å²) in [5, 5.41) is 7.49. The molecule has 0 fully saturated rings. The number of aromatic nitrogens is 2. The quantitative estimate of drug-likeness (QED) is 0.625. The lowest BCUT2D eigenvalue weighted by molar-refractivity contribution is 0.101. The van der Waals surface area contributed by atoms with Crippen molar-refractivity contribution in [3.8, 4) is 5.75 Å². The molecule has 0 aliphatic carbocycles. The van der Waals surface area contributed by atoms with Crippen molar-refractivity contribution < 1.29 is 14.1 Å². The van der Waals surface area contributed by atoms with Crippen molar-refractivity contribution in [2.45, 2.75) is 13.5 Å². The summed E-state index contributed by atoms with van der Waals surface area (Å²) in [4.78, 5) is 16.5. The Bertz CT molecular complexity index is 959. The number of nitrogens with one attached hydrogen (secondary N) is 1. The van der Waals surface area contributed by atoms with Crippen molar-refractivity contribution in [2.75, 3.05) is 5.32 Å². The number of ether oxygens (including phenoxy) is 1. The molecule has 2 aromatic heterocycles. The topological polar surface area (TPSA) is 77.3 Å². The summed E-state index contributed by atoms with van der Waals surface area (Å²) < 4.78 is 10.8. The molecule has 1 amide bonds. The molecule has 0 radical (unpaired) electrons. The number of benzene rings is 1. The van der Waals surface area contributed by atoms with Crippen molar-refractivity contribution >= 4 is 46.5 Å².